The van der Waals surface area contributed by atoms with E-state index < -0.39 is 0 Å². The van der Waals surface area contributed by atoms with Crippen molar-refractivity contribution >= 4 is 17.7 Å². The van der Waals surface area contributed by atoms with Crippen LogP contribution in [-0.2, 0) is 4.79 Å². The molecule has 1 aromatic carbocycles. The molecule has 1 unspecified atom stereocenters. The lowest BCUT2D eigenvalue weighted by Gasteiger charge is -2.29. The Morgan fingerprint density at radius 1 is 1.12 bits per heavy atom. The van der Waals surface area contributed by atoms with Crippen molar-refractivity contribution in [3.63, 3.8) is 0 Å². The van der Waals surface area contributed by atoms with Crippen LogP contribution in [0.2, 0.25) is 0 Å². The second-order valence-electron chi connectivity index (χ2n) is 5.72. The summed E-state index contributed by atoms with van der Waals surface area (Å²) in [6.07, 6.45) is 1.73. The Bertz CT molecular complexity index is 574. The van der Waals surface area contributed by atoms with Crippen LogP contribution >= 0.6 is 11.8 Å². The van der Waals surface area contributed by atoms with Crippen LogP contribution in [0.5, 0.6) is 17.2 Å². The fraction of sp³-hybridized carbons (Fsp3) is 0.611. The normalized spacial score (nSPS) is 17.2. The van der Waals surface area contributed by atoms with E-state index in [4.69, 9.17) is 14.2 Å². The first-order valence-electron chi connectivity index (χ1n) is 8.33. The van der Waals surface area contributed by atoms with Gasteiger partial charge in [-0.05, 0) is 18.9 Å². The summed E-state index contributed by atoms with van der Waals surface area (Å²) >= 11 is 1.76. The number of ether oxygens (including phenoxy) is 3. The van der Waals surface area contributed by atoms with Gasteiger partial charge in [-0.3, -0.25) is 4.79 Å². The highest BCUT2D eigenvalue weighted by Crippen LogP contribution is 2.46. The van der Waals surface area contributed by atoms with Crippen LogP contribution in [0.3, 0.4) is 0 Å². The number of methoxy groups -OCH3 is 3. The lowest BCUT2D eigenvalue weighted by atomic mass is 10.0. The molecule has 1 aliphatic rings. The van der Waals surface area contributed by atoms with Crippen molar-refractivity contribution in [1.29, 1.82) is 0 Å². The lowest BCUT2D eigenvalue weighted by molar-refractivity contribution is -0.135. The Kier molecular flexibility index (Phi) is 6.66. The number of benzene rings is 1. The molecule has 5 nitrogen and oxygen atoms in total. The van der Waals surface area contributed by atoms with Crippen LogP contribution in [0.1, 0.15) is 37.6 Å². The third-order valence-electron chi connectivity index (χ3n) is 4.51. The molecule has 1 aliphatic heterocycles. The molecular formula is C18H27NO4S. The fourth-order valence-corrected chi connectivity index (χ4v) is 4.35. The standard InChI is InChI=1S/C18H27NO4S/c1-6-12(7-2)17(20)19-8-9-24-18(19)13-10-15(22-4)16(23-5)11-14(13)21-3/h10-12,18H,6-9H2,1-5H3. The number of nitrogens with zero attached hydrogens (tertiary/aromatic N) is 1. The summed E-state index contributed by atoms with van der Waals surface area (Å²) in [4.78, 5) is 14.9. The van der Waals surface area contributed by atoms with Crippen LogP contribution in [0, 0.1) is 5.92 Å². The Labute approximate surface area is 148 Å². The molecule has 0 aromatic heterocycles. The summed E-state index contributed by atoms with van der Waals surface area (Å²) in [6.45, 7) is 4.91. The van der Waals surface area contributed by atoms with Gasteiger partial charge in [-0.2, -0.15) is 0 Å². The van der Waals surface area contributed by atoms with E-state index in [0.717, 1.165) is 36.5 Å². The Hall–Kier alpha value is -1.56. The van der Waals surface area contributed by atoms with Gasteiger partial charge in [0.15, 0.2) is 11.5 Å². The summed E-state index contributed by atoms with van der Waals surface area (Å²) in [5, 5.41) is -0.0483. The van der Waals surface area contributed by atoms with Crippen LogP contribution in [0.25, 0.3) is 0 Å². The zero-order valence-electron chi connectivity index (χ0n) is 15.1. The fourth-order valence-electron chi connectivity index (χ4n) is 3.07. The summed E-state index contributed by atoms with van der Waals surface area (Å²) in [6, 6.07) is 3.75. The van der Waals surface area contributed by atoms with Crippen molar-refractivity contribution in [3.8, 4) is 17.2 Å². The van der Waals surface area contributed by atoms with E-state index in [1.807, 2.05) is 17.0 Å². The van der Waals surface area contributed by atoms with E-state index in [2.05, 4.69) is 13.8 Å². The average molecular weight is 353 g/mol. The third kappa shape index (κ3) is 3.58. The van der Waals surface area contributed by atoms with E-state index in [1.165, 1.54) is 0 Å². The van der Waals surface area contributed by atoms with Gasteiger partial charge in [0.1, 0.15) is 11.1 Å². The molecule has 0 radical (unpaired) electrons. The predicted octanol–water partition coefficient (Wildman–Crippen LogP) is 3.72. The van der Waals surface area contributed by atoms with Crippen LogP contribution in [0.4, 0.5) is 0 Å². The first-order valence-corrected chi connectivity index (χ1v) is 9.38. The summed E-state index contributed by atoms with van der Waals surface area (Å²) < 4.78 is 16.3. The lowest BCUT2D eigenvalue weighted by Crippen LogP contribution is -2.35. The first-order chi connectivity index (χ1) is 11.6. The van der Waals surface area contributed by atoms with Crippen molar-refractivity contribution in [3.05, 3.63) is 17.7 Å². The summed E-state index contributed by atoms with van der Waals surface area (Å²) in [5.41, 5.74) is 0.956. The molecule has 1 amide bonds. The molecule has 0 saturated carbocycles. The zero-order valence-corrected chi connectivity index (χ0v) is 15.9. The third-order valence-corrected chi connectivity index (χ3v) is 5.75. The molecule has 0 spiro atoms. The SMILES string of the molecule is CCC(CC)C(=O)N1CCSC1c1cc(OC)c(OC)cc1OC. The monoisotopic (exact) mass is 353 g/mol. The largest absolute Gasteiger partial charge is 0.496 e. The smallest absolute Gasteiger partial charge is 0.226 e. The van der Waals surface area contributed by atoms with Gasteiger partial charge in [-0.1, -0.05) is 13.8 Å². The second-order valence-corrected chi connectivity index (χ2v) is 6.91. The van der Waals surface area contributed by atoms with Gasteiger partial charge in [0, 0.05) is 29.8 Å². The molecule has 6 heteroatoms. The first kappa shape index (κ1) is 18.8. The maximum atomic E-state index is 12.9. The van der Waals surface area contributed by atoms with Gasteiger partial charge in [-0.25, -0.2) is 0 Å². The summed E-state index contributed by atoms with van der Waals surface area (Å²) in [5.74, 6) is 3.22. The van der Waals surface area contributed by atoms with Gasteiger partial charge in [0.05, 0.1) is 21.3 Å². The van der Waals surface area contributed by atoms with Crippen molar-refractivity contribution < 1.29 is 19.0 Å². The minimum atomic E-state index is -0.0483. The van der Waals surface area contributed by atoms with Crippen LogP contribution in [0.15, 0.2) is 12.1 Å². The second kappa shape index (κ2) is 8.51. The van der Waals surface area contributed by atoms with E-state index in [1.54, 1.807) is 33.1 Å². The van der Waals surface area contributed by atoms with Crippen molar-refractivity contribution in [2.24, 2.45) is 5.92 Å². The van der Waals surface area contributed by atoms with Crippen molar-refractivity contribution in [2.75, 3.05) is 33.6 Å². The molecule has 1 fully saturated rings. The summed E-state index contributed by atoms with van der Waals surface area (Å²) in [7, 11) is 4.85. The van der Waals surface area contributed by atoms with E-state index in [-0.39, 0.29) is 17.2 Å². The Morgan fingerprint density at radius 2 is 1.71 bits per heavy atom. The molecular weight excluding hydrogens is 326 g/mol. The predicted molar refractivity (Wildman–Crippen MR) is 97.1 cm³/mol. The highest BCUT2D eigenvalue weighted by Gasteiger charge is 2.35. The molecule has 134 valence electrons. The molecule has 1 atom stereocenters. The van der Waals surface area contributed by atoms with E-state index in [0.29, 0.717) is 11.5 Å². The number of hydrogen-bond donors (Lipinski definition) is 0. The number of hydrogen-bond acceptors (Lipinski definition) is 5. The Balaban J connectivity index is 2.40. The van der Waals surface area contributed by atoms with E-state index >= 15 is 0 Å². The minimum absolute atomic E-state index is 0.0483. The minimum Gasteiger partial charge on any atom is -0.496 e. The maximum absolute atomic E-state index is 12.9. The number of thioether (sulfide) groups is 1. The molecule has 2 rings (SSSR count). The number of carbonyl (C=O) groups excluding carboxylic acids is 1. The van der Waals surface area contributed by atoms with Gasteiger partial charge in [0.2, 0.25) is 5.91 Å². The zero-order chi connectivity index (χ0) is 17.7. The van der Waals surface area contributed by atoms with Crippen LogP contribution < -0.4 is 14.2 Å². The quantitative estimate of drug-likeness (QED) is 0.748. The highest BCUT2D eigenvalue weighted by molar-refractivity contribution is 7.99. The van der Waals surface area contributed by atoms with Gasteiger partial charge >= 0.3 is 0 Å². The molecule has 24 heavy (non-hydrogen) atoms. The molecule has 0 aliphatic carbocycles. The van der Waals surface area contributed by atoms with Crippen molar-refractivity contribution in [1.82, 2.24) is 4.90 Å². The van der Waals surface area contributed by atoms with Gasteiger partial charge in [-0.15, -0.1) is 11.8 Å². The number of amides is 1. The van der Waals surface area contributed by atoms with Crippen LogP contribution in [-0.4, -0.2) is 44.4 Å². The number of rotatable bonds is 7. The molecule has 1 heterocycles. The Morgan fingerprint density at radius 3 is 2.25 bits per heavy atom. The molecule has 1 aromatic rings. The topological polar surface area (TPSA) is 48.0 Å². The highest BCUT2D eigenvalue weighted by atomic mass is 32.2. The van der Waals surface area contributed by atoms with E-state index in [9.17, 15) is 4.79 Å². The molecule has 1 saturated heterocycles. The molecule has 0 N–H and O–H groups in total. The average Bonchev–Trinajstić information content (AvgIpc) is 3.10. The van der Waals surface area contributed by atoms with Gasteiger partial charge in [0.25, 0.3) is 0 Å². The maximum Gasteiger partial charge on any atom is 0.226 e. The van der Waals surface area contributed by atoms with Gasteiger partial charge < -0.3 is 19.1 Å². The van der Waals surface area contributed by atoms with Crippen molar-refractivity contribution in [2.45, 2.75) is 32.1 Å². The molecule has 0 bridgehead atoms. The number of carbonyl (C=O) groups is 1.